The smallest absolute Gasteiger partial charge is 0.331 e. The molecule has 27 heavy (non-hydrogen) atoms. The van der Waals surface area contributed by atoms with E-state index in [1.165, 1.54) is 11.0 Å². The van der Waals surface area contributed by atoms with Gasteiger partial charge in [0, 0.05) is 20.7 Å². The number of hydrogen-bond acceptors (Lipinski definition) is 5. The van der Waals surface area contributed by atoms with Crippen LogP contribution in [0.4, 0.5) is 0 Å². The largest absolute Gasteiger partial charge is 0.452 e. The van der Waals surface area contributed by atoms with E-state index >= 15 is 0 Å². The lowest BCUT2D eigenvalue weighted by Gasteiger charge is -2.18. The maximum atomic E-state index is 12.3. The number of nitrogens with one attached hydrogen (secondary N) is 1. The summed E-state index contributed by atoms with van der Waals surface area (Å²) in [6, 6.07) is 17.3. The Morgan fingerprint density at radius 1 is 1.11 bits per heavy atom. The maximum absolute atomic E-state index is 12.3. The average molecular weight is 398 g/mol. The van der Waals surface area contributed by atoms with Crippen LogP contribution in [0.5, 0.6) is 0 Å². The highest BCUT2D eigenvalue weighted by Gasteiger charge is 2.18. The number of carbonyl (C=O) groups is 2. The van der Waals surface area contributed by atoms with Gasteiger partial charge in [0.2, 0.25) is 0 Å². The first-order valence-corrected chi connectivity index (χ1v) is 10.1. The molecule has 0 aliphatic heterocycles. The third-order valence-electron chi connectivity index (χ3n) is 3.76. The van der Waals surface area contributed by atoms with Gasteiger partial charge in [-0.3, -0.25) is 4.79 Å². The van der Waals surface area contributed by atoms with Crippen molar-refractivity contribution in [1.82, 2.24) is 5.32 Å². The Labute approximate surface area is 166 Å². The number of thiophene rings is 2. The number of amides is 1. The molecule has 3 aromatic rings. The van der Waals surface area contributed by atoms with Crippen LogP contribution in [0.1, 0.15) is 26.2 Å². The Morgan fingerprint density at radius 2 is 1.93 bits per heavy atom. The van der Waals surface area contributed by atoms with Gasteiger partial charge in [-0.1, -0.05) is 36.4 Å². The van der Waals surface area contributed by atoms with E-state index in [1.807, 2.05) is 66.9 Å². The number of benzene rings is 1. The summed E-state index contributed by atoms with van der Waals surface area (Å²) in [4.78, 5) is 27.3. The Morgan fingerprint density at radius 3 is 2.59 bits per heavy atom. The molecule has 6 heteroatoms. The molecule has 3 rings (SSSR count). The Balaban J connectivity index is 1.56. The molecule has 0 aliphatic rings. The third kappa shape index (κ3) is 5.64. The summed E-state index contributed by atoms with van der Waals surface area (Å²) in [6.45, 7) is 1.68. The zero-order valence-electron chi connectivity index (χ0n) is 14.8. The number of ether oxygens (including phenoxy) is 1. The lowest BCUT2D eigenvalue weighted by atomic mass is 10.1. The van der Waals surface area contributed by atoms with Crippen LogP contribution in [0.25, 0.3) is 6.08 Å². The summed E-state index contributed by atoms with van der Waals surface area (Å²) in [6.07, 6.45) is 3.03. The van der Waals surface area contributed by atoms with Crippen molar-refractivity contribution in [2.75, 3.05) is 6.61 Å². The van der Waals surface area contributed by atoms with Gasteiger partial charge in [0.15, 0.2) is 6.61 Å². The molecule has 0 bridgehead atoms. The fourth-order valence-corrected chi connectivity index (χ4v) is 4.08. The van der Waals surface area contributed by atoms with E-state index in [0.29, 0.717) is 0 Å². The summed E-state index contributed by atoms with van der Waals surface area (Å²) >= 11 is 3.15. The number of hydrogen-bond donors (Lipinski definition) is 1. The molecule has 1 atom stereocenters. The van der Waals surface area contributed by atoms with Crippen molar-refractivity contribution in [1.29, 1.82) is 0 Å². The molecule has 1 aromatic carbocycles. The highest BCUT2D eigenvalue weighted by atomic mass is 32.1. The molecule has 0 spiro atoms. The maximum Gasteiger partial charge on any atom is 0.331 e. The summed E-state index contributed by atoms with van der Waals surface area (Å²) < 4.78 is 5.06. The van der Waals surface area contributed by atoms with Gasteiger partial charge < -0.3 is 10.1 Å². The van der Waals surface area contributed by atoms with Crippen LogP contribution in [-0.2, 0) is 14.3 Å². The van der Waals surface area contributed by atoms with Crippen molar-refractivity contribution >= 4 is 40.6 Å². The monoisotopic (exact) mass is 397 g/mol. The Hall–Kier alpha value is -2.70. The highest BCUT2D eigenvalue weighted by molar-refractivity contribution is 7.12. The molecule has 2 heterocycles. The van der Waals surface area contributed by atoms with Crippen molar-refractivity contribution < 1.29 is 14.3 Å². The predicted molar refractivity (Wildman–Crippen MR) is 110 cm³/mol. The number of esters is 1. The zero-order chi connectivity index (χ0) is 19.1. The molecular weight excluding hydrogens is 378 g/mol. The molecule has 0 saturated heterocycles. The van der Waals surface area contributed by atoms with E-state index in [-0.39, 0.29) is 18.6 Å². The van der Waals surface area contributed by atoms with Crippen LogP contribution in [0, 0.1) is 6.92 Å². The average Bonchev–Trinajstić information content (AvgIpc) is 3.35. The Kier molecular flexibility index (Phi) is 6.57. The number of carbonyl (C=O) groups excluding carboxylic acids is 2. The van der Waals surface area contributed by atoms with E-state index in [0.717, 1.165) is 15.3 Å². The van der Waals surface area contributed by atoms with Gasteiger partial charge >= 0.3 is 5.97 Å². The normalized spacial score (nSPS) is 12.0. The minimum atomic E-state index is -0.538. The first-order chi connectivity index (χ1) is 13.1. The molecule has 1 N–H and O–H groups in total. The van der Waals surface area contributed by atoms with E-state index in [2.05, 4.69) is 5.32 Å². The second-order valence-corrected chi connectivity index (χ2v) is 8.11. The molecule has 1 amide bonds. The minimum Gasteiger partial charge on any atom is -0.452 e. The summed E-state index contributed by atoms with van der Waals surface area (Å²) in [5.41, 5.74) is 0.979. The van der Waals surface area contributed by atoms with E-state index < -0.39 is 5.97 Å². The van der Waals surface area contributed by atoms with Crippen molar-refractivity contribution in [3.63, 3.8) is 0 Å². The van der Waals surface area contributed by atoms with Crippen LogP contribution in [0.2, 0.25) is 0 Å². The zero-order valence-corrected chi connectivity index (χ0v) is 16.4. The summed E-state index contributed by atoms with van der Waals surface area (Å²) in [5.74, 6) is -0.880. The molecular formula is C21H19NO3S2. The molecule has 0 unspecified atom stereocenters. The van der Waals surface area contributed by atoms with E-state index in [9.17, 15) is 9.59 Å². The Bertz CT molecular complexity index is 914. The minimum absolute atomic E-state index is 0.262. The second-order valence-electron chi connectivity index (χ2n) is 5.82. The van der Waals surface area contributed by atoms with E-state index in [4.69, 9.17) is 4.74 Å². The van der Waals surface area contributed by atoms with Crippen molar-refractivity contribution in [3.05, 3.63) is 86.2 Å². The standard InChI is InChI=1S/C21H19NO3S2/c1-15-9-10-17(27-15)11-12-20(24)25-14-19(23)22-21(18-8-5-13-26-18)16-6-3-2-4-7-16/h2-13,21H,14H2,1H3,(H,22,23)/b12-11+/t21-/m1/s1. The van der Waals surface area contributed by atoms with Gasteiger partial charge in [0.1, 0.15) is 0 Å². The fraction of sp³-hybridized carbons (Fsp3) is 0.143. The molecule has 0 fully saturated rings. The molecule has 0 radical (unpaired) electrons. The number of aryl methyl sites for hydroxylation is 1. The van der Waals surface area contributed by atoms with Crippen molar-refractivity contribution in [2.24, 2.45) is 0 Å². The van der Waals surface area contributed by atoms with Gasteiger partial charge in [-0.2, -0.15) is 0 Å². The summed E-state index contributed by atoms with van der Waals surface area (Å²) in [7, 11) is 0. The van der Waals surface area contributed by atoms with Crippen LogP contribution < -0.4 is 5.32 Å². The van der Waals surface area contributed by atoms with Gasteiger partial charge in [0.05, 0.1) is 6.04 Å². The molecule has 0 saturated carbocycles. The lowest BCUT2D eigenvalue weighted by Crippen LogP contribution is -2.32. The lowest BCUT2D eigenvalue weighted by molar-refractivity contribution is -0.143. The second kappa shape index (κ2) is 9.30. The molecule has 4 nitrogen and oxygen atoms in total. The van der Waals surface area contributed by atoms with E-state index in [1.54, 1.807) is 28.7 Å². The van der Waals surface area contributed by atoms with Gasteiger partial charge in [-0.05, 0) is 42.1 Å². The third-order valence-corrected chi connectivity index (χ3v) is 5.66. The molecule has 0 aliphatic carbocycles. The van der Waals surface area contributed by atoms with Crippen LogP contribution in [0.3, 0.4) is 0 Å². The van der Waals surface area contributed by atoms with Gasteiger partial charge in [-0.15, -0.1) is 22.7 Å². The van der Waals surface area contributed by atoms with Crippen LogP contribution in [-0.4, -0.2) is 18.5 Å². The predicted octanol–water partition coefficient (Wildman–Crippen LogP) is 4.58. The van der Waals surface area contributed by atoms with Crippen molar-refractivity contribution in [2.45, 2.75) is 13.0 Å². The quantitative estimate of drug-likeness (QED) is 0.469. The first kappa shape index (κ1) is 19.1. The fourth-order valence-electron chi connectivity index (χ4n) is 2.50. The number of rotatable bonds is 7. The van der Waals surface area contributed by atoms with Crippen LogP contribution in [0.15, 0.2) is 66.1 Å². The summed E-state index contributed by atoms with van der Waals surface area (Å²) in [5, 5.41) is 4.91. The molecule has 138 valence electrons. The molecule has 2 aromatic heterocycles. The van der Waals surface area contributed by atoms with Gasteiger partial charge in [-0.25, -0.2) is 4.79 Å². The van der Waals surface area contributed by atoms with Crippen LogP contribution >= 0.6 is 22.7 Å². The van der Waals surface area contributed by atoms with Gasteiger partial charge in [0.25, 0.3) is 5.91 Å². The topological polar surface area (TPSA) is 55.4 Å². The van der Waals surface area contributed by atoms with Crippen molar-refractivity contribution in [3.8, 4) is 0 Å². The first-order valence-electron chi connectivity index (χ1n) is 8.41. The SMILES string of the molecule is Cc1ccc(/C=C/C(=O)OCC(=O)N[C@H](c2ccccc2)c2cccs2)s1. The highest BCUT2D eigenvalue weighted by Crippen LogP contribution is 2.25.